The molecule has 0 spiro atoms. The van der Waals surface area contributed by atoms with Crippen LogP contribution in [-0.2, 0) is 0 Å². The highest BCUT2D eigenvalue weighted by Crippen LogP contribution is 2.18. The second kappa shape index (κ2) is 5.83. The number of likely N-dealkylation sites (tertiary alicyclic amines) is 2. The van der Waals surface area contributed by atoms with Crippen molar-refractivity contribution in [3.63, 3.8) is 0 Å². The molecule has 0 aromatic rings. The summed E-state index contributed by atoms with van der Waals surface area (Å²) in [6.07, 6.45) is 5.75. The molecule has 3 heteroatoms. The van der Waals surface area contributed by atoms with Gasteiger partial charge in [0.05, 0.1) is 0 Å². The molecule has 0 aromatic heterocycles. The number of hydrogen-bond acceptors (Lipinski definition) is 3. The molecule has 0 bridgehead atoms. The number of likely N-dealkylation sites (N-methyl/N-ethyl adjacent to an activating group) is 1. The highest BCUT2D eigenvalue weighted by molar-refractivity contribution is 4.88. The summed E-state index contributed by atoms with van der Waals surface area (Å²) in [7, 11) is 2.03. The smallest absolute Gasteiger partial charge is 0.0350 e. The van der Waals surface area contributed by atoms with E-state index in [0.717, 1.165) is 12.6 Å². The largest absolute Gasteiger partial charge is 0.318 e. The van der Waals surface area contributed by atoms with E-state index in [1.165, 1.54) is 58.4 Å². The average molecular weight is 211 g/mol. The molecule has 2 rings (SSSR count). The van der Waals surface area contributed by atoms with Gasteiger partial charge in [-0.3, -0.25) is 9.80 Å². The molecule has 2 aliphatic rings. The first-order valence-corrected chi connectivity index (χ1v) is 6.51. The molecule has 3 nitrogen and oxygen atoms in total. The molecular formula is C12H25N3. The molecular weight excluding hydrogens is 186 g/mol. The maximum atomic E-state index is 3.22. The predicted molar refractivity (Wildman–Crippen MR) is 64.2 cm³/mol. The lowest BCUT2D eigenvalue weighted by Gasteiger charge is -2.45. The Morgan fingerprint density at radius 1 is 1.07 bits per heavy atom. The van der Waals surface area contributed by atoms with E-state index < -0.39 is 0 Å². The lowest BCUT2D eigenvalue weighted by atomic mass is 10.1. The summed E-state index contributed by atoms with van der Waals surface area (Å²) in [6.45, 7) is 7.67. The topological polar surface area (TPSA) is 18.5 Å². The van der Waals surface area contributed by atoms with Crippen LogP contribution >= 0.6 is 0 Å². The molecule has 15 heavy (non-hydrogen) atoms. The van der Waals surface area contributed by atoms with E-state index in [1.54, 1.807) is 0 Å². The SMILES string of the molecule is CNCCN1CC(N2CCCCCC2)C1. The summed E-state index contributed by atoms with van der Waals surface area (Å²) in [6, 6.07) is 0.875. The molecule has 88 valence electrons. The summed E-state index contributed by atoms with van der Waals surface area (Å²) in [5, 5.41) is 3.22. The molecule has 2 heterocycles. The normalized spacial score (nSPS) is 26.2. The van der Waals surface area contributed by atoms with Gasteiger partial charge < -0.3 is 5.32 Å². The van der Waals surface area contributed by atoms with Gasteiger partial charge in [-0.25, -0.2) is 0 Å². The Labute approximate surface area is 93.8 Å². The fraction of sp³-hybridized carbons (Fsp3) is 1.00. The molecule has 0 amide bonds. The van der Waals surface area contributed by atoms with Gasteiger partial charge in [0.15, 0.2) is 0 Å². The summed E-state index contributed by atoms with van der Waals surface area (Å²) in [4.78, 5) is 5.29. The van der Waals surface area contributed by atoms with Crippen molar-refractivity contribution in [2.75, 3.05) is 46.3 Å². The van der Waals surface area contributed by atoms with Gasteiger partial charge >= 0.3 is 0 Å². The first-order chi connectivity index (χ1) is 7.40. The molecule has 2 saturated heterocycles. The zero-order chi connectivity index (χ0) is 10.5. The summed E-state index contributed by atoms with van der Waals surface area (Å²) < 4.78 is 0. The van der Waals surface area contributed by atoms with Gasteiger partial charge in [0.2, 0.25) is 0 Å². The van der Waals surface area contributed by atoms with E-state index in [1.807, 2.05) is 7.05 Å². The first-order valence-electron chi connectivity index (χ1n) is 6.51. The van der Waals surface area contributed by atoms with Crippen LogP contribution in [0, 0.1) is 0 Å². The van der Waals surface area contributed by atoms with Crippen molar-refractivity contribution in [3.05, 3.63) is 0 Å². The Hall–Kier alpha value is -0.120. The molecule has 0 unspecified atom stereocenters. The summed E-state index contributed by atoms with van der Waals surface area (Å²) in [5.41, 5.74) is 0. The Balaban J connectivity index is 1.64. The van der Waals surface area contributed by atoms with Crippen LogP contribution in [0.1, 0.15) is 25.7 Å². The summed E-state index contributed by atoms with van der Waals surface area (Å²) in [5.74, 6) is 0. The molecule has 0 saturated carbocycles. The Kier molecular flexibility index (Phi) is 4.42. The van der Waals surface area contributed by atoms with Crippen LogP contribution in [0.3, 0.4) is 0 Å². The van der Waals surface area contributed by atoms with Crippen molar-refractivity contribution in [3.8, 4) is 0 Å². The van der Waals surface area contributed by atoms with E-state index in [4.69, 9.17) is 0 Å². The van der Waals surface area contributed by atoms with Crippen LogP contribution in [0.15, 0.2) is 0 Å². The first kappa shape index (κ1) is 11.4. The standard InChI is InChI=1S/C12H25N3/c1-13-6-9-14-10-12(11-14)15-7-4-2-3-5-8-15/h12-13H,2-11H2,1H3. The molecule has 0 aliphatic carbocycles. The highest BCUT2D eigenvalue weighted by atomic mass is 15.3. The molecule has 2 aliphatic heterocycles. The fourth-order valence-corrected chi connectivity index (χ4v) is 2.69. The van der Waals surface area contributed by atoms with Crippen LogP contribution in [0.4, 0.5) is 0 Å². The van der Waals surface area contributed by atoms with E-state index in [0.29, 0.717) is 0 Å². The van der Waals surface area contributed by atoms with Gasteiger partial charge in [0, 0.05) is 32.2 Å². The van der Waals surface area contributed by atoms with Gasteiger partial charge in [0.25, 0.3) is 0 Å². The van der Waals surface area contributed by atoms with E-state index in [9.17, 15) is 0 Å². The molecule has 0 aromatic carbocycles. The number of rotatable bonds is 4. The van der Waals surface area contributed by atoms with Crippen molar-refractivity contribution in [2.24, 2.45) is 0 Å². The second-order valence-electron chi connectivity index (χ2n) is 4.97. The van der Waals surface area contributed by atoms with Crippen LogP contribution in [-0.4, -0.2) is 62.2 Å². The third kappa shape index (κ3) is 3.16. The Morgan fingerprint density at radius 3 is 2.33 bits per heavy atom. The zero-order valence-corrected chi connectivity index (χ0v) is 10.0. The van der Waals surface area contributed by atoms with Crippen LogP contribution in [0.5, 0.6) is 0 Å². The average Bonchev–Trinajstić information content (AvgIpc) is 2.44. The van der Waals surface area contributed by atoms with Gasteiger partial charge in [-0.05, 0) is 33.0 Å². The van der Waals surface area contributed by atoms with Crippen LogP contribution < -0.4 is 5.32 Å². The maximum absolute atomic E-state index is 3.22. The highest BCUT2D eigenvalue weighted by Gasteiger charge is 2.30. The van der Waals surface area contributed by atoms with Crippen molar-refractivity contribution in [2.45, 2.75) is 31.7 Å². The predicted octanol–water partition coefficient (Wildman–Crippen LogP) is 0.766. The van der Waals surface area contributed by atoms with Crippen molar-refractivity contribution in [1.82, 2.24) is 15.1 Å². The minimum Gasteiger partial charge on any atom is -0.318 e. The number of nitrogens with zero attached hydrogens (tertiary/aromatic N) is 2. The van der Waals surface area contributed by atoms with Crippen molar-refractivity contribution >= 4 is 0 Å². The summed E-state index contributed by atoms with van der Waals surface area (Å²) >= 11 is 0. The molecule has 1 N–H and O–H groups in total. The number of nitrogens with one attached hydrogen (secondary N) is 1. The lowest BCUT2D eigenvalue weighted by Crippen LogP contribution is -2.60. The minimum absolute atomic E-state index is 0.875. The maximum Gasteiger partial charge on any atom is 0.0350 e. The third-order valence-electron chi connectivity index (χ3n) is 3.77. The van der Waals surface area contributed by atoms with Crippen LogP contribution in [0.2, 0.25) is 0 Å². The van der Waals surface area contributed by atoms with Gasteiger partial charge in [-0.15, -0.1) is 0 Å². The molecule has 0 radical (unpaired) electrons. The van der Waals surface area contributed by atoms with Gasteiger partial charge in [-0.2, -0.15) is 0 Å². The second-order valence-corrected chi connectivity index (χ2v) is 4.97. The van der Waals surface area contributed by atoms with Crippen molar-refractivity contribution < 1.29 is 0 Å². The van der Waals surface area contributed by atoms with Crippen LogP contribution in [0.25, 0.3) is 0 Å². The van der Waals surface area contributed by atoms with Gasteiger partial charge in [0.1, 0.15) is 0 Å². The molecule has 0 atom stereocenters. The monoisotopic (exact) mass is 211 g/mol. The minimum atomic E-state index is 0.875. The Morgan fingerprint density at radius 2 is 1.73 bits per heavy atom. The molecule has 2 fully saturated rings. The van der Waals surface area contributed by atoms with E-state index >= 15 is 0 Å². The lowest BCUT2D eigenvalue weighted by molar-refractivity contribution is 0.0371. The fourth-order valence-electron chi connectivity index (χ4n) is 2.69. The van der Waals surface area contributed by atoms with Crippen molar-refractivity contribution in [1.29, 1.82) is 0 Å². The quantitative estimate of drug-likeness (QED) is 0.741. The van der Waals surface area contributed by atoms with E-state index in [2.05, 4.69) is 15.1 Å². The van der Waals surface area contributed by atoms with E-state index in [-0.39, 0.29) is 0 Å². The Bertz CT molecular complexity index is 170. The number of hydrogen-bond donors (Lipinski definition) is 1. The van der Waals surface area contributed by atoms with Gasteiger partial charge in [-0.1, -0.05) is 12.8 Å². The zero-order valence-electron chi connectivity index (χ0n) is 10.0. The third-order valence-corrected chi connectivity index (χ3v) is 3.77.